The summed E-state index contributed by atoms with van der Waals surface area (Å²) in [5, 5.41) is 0. The summed E-state index contributed by atoms with van der Waals surface area (Å²) in [6.07, 6.45) is 0.185. The zero-order chi connectivity index (χ0) is 18.5. The third-order valence-electron chi connectivity index (χ3n) is 3.37. The molecule has 0 amide bonds. The quantitative estimate of drug-likeness (QED) is 0.406. The first-order valence-electron chi connectivity index (χ1n) is 8.02. The Labute approximate surface area is 142 Å². The minimum atomic E-state index is -0.872. The van der Waals surface area contributed by atoms with E-state index in [1.165, 1.54) is 7.11 Å². The Morgan fingerprint density at radius 3 is 2.04 bits per heavy atom. The highest BCUT2D eigenvalue weighted by Crippen LogP contribution is 2.16. The average Bonchev–Trinajstić information content (AvgIpc) is 2.56. The molecule has 0 aromatic carbocycles. The van der Waals surface area contributed by atoms with E-state index in [-0.39, 0.29) is 51.1 Å². The number of hydrogen-bond donors (Lipinski definition) is 1. The van der Waals surface area contributed by atoms with Crippen LogP contribution in [0.2, 0.25) is 0 Å². The van der Waals surface area contributed by atoms with Gasteiger partial charge < -0.3 is 19.9 Å². The van der Waals surface area contributed by atoms with E-state index in [1.807, 2.05) is 0 Å². The molecule has 8 heteroatoms. The van der Waals surface area contributed by atoms with Gasteiger partial charge in [0.15, 0.2) is 0 Å². The number of esters is 3. The molecule has 0 saturated heterocycles. The second kappa shape index (κ2) is 12.5. The molecular weight excluding hydrogens is 318 g/mol. The largest absolute Gasteiger partial charge is 0.469 e. The van der Waals surface area contributed by atoms with Gasteiger partial charge >= 0.3 is 17.9 Å². The number of ketones is 1. The molecule has 24 heavy (non-hydrogen) atoms. The number of carbonyl (C=O) groups excluding carboxylic acids is 4. The molecule has 0 saturated carbocycles. The molecule has 0 radical (unpaired) electrons. The highest BCUT2D eigenvalue weighted by atomic mass is 16.5. The molecule has 0 aliphatic carbocycles. The average molecular weight is 345 g/mol. The second-order valence-electron chi connectivity index (χ2n) is 5.18. The van der Waals surface area contributed by atoms with Crippen molar-refractivity contribution in [1.82, 2.24) is 0 Å². The van der Waals surface area contributed by atoms with E-state index < -0.39 is 29.9 Å². The highest BCUT2D eigenvalue weighted by Gasteiger charge is 2.27. The normalized spacial score (nSPS) is 12.8. The summed E-state index contributed by atoms with van der Waals surface area (Å²) in [6, 6.07) is -0.872. The zero-order valence-corrected chi connectivity index (χ0v) is 14.5. The van der Waals surface area contributed by atoms with E-state index in [2.05, 4.69) is 4.74 Å². The topological polar surface area (TPSA) is 122 Å². The third-order valence-corrected chi connectivity index (χ3v) is 3.37. The maximum Gasteiger partial charge on any atom is 0.309 e. The summed E-state index contributed by atoms with van der Waals surface area (Å²) in [4.78, 5) is 46.6. The predicted octanol–water partition coefficient (Wildman–Crippen LogP) is 0.749. The van der Waals surface area contributed by atoms with Gasteiger partial charge in [0.05, 0.1) is 32.3 Å². The molecule has 8 nitrogen and oxygen atoms in total. The van der Waals surface area contributed by atoms with Crippen LogP contribution in [0.3, 0.4) is 0 Å². The van der Waals surface area contributed by atoms with Gasteiger partial charge in [-0.05, 0) is 26.7 Å². The van der Waals surface area contributed by atoms with Crippen LogP contribution >= 0.6 is 0 Å². The Kier molecular flexibility index (Phi) is 11.4. The van der Waals surface area contributed by atoms with E-state index in [1.54, 1.807) is 13.8 Å². The van der Waals surface area contributed by atoms with Gasteiger partial charge in [-0.15, -0.1) is 0 Å². The standard InChI is InChI=1S/C16H27NO7/c1-4-23-15(20)8-6-11(16(21)24-5-2)10-13(18)12(17)7-9-14(19)22-3/h11-12H,4-10,17H2,1-3H3/t11-,12+/m0/s1. The number of methoxy groups -OCH3 is 1. The number of nitrogens with two attached hydrogens (primary N) is 1. The molecule has 0 aromatic heterocycles. The number of ether oxygens (including phenoxy) is 3. The lowest BCUT2D eigenvalue weighted by molar-refractivity contribution is -0.151. The highest BCUT2D eigenvalue weighted by molar-refractivity contribution is 5.88. The fourth-order valence-corrected chi connectivity index (χ4v) is 2.02. The smallest absolute Gasteiger partial charge is 0.309 e. The van der Waals surface area contributed by atoms with Crippen molar-refractivity contribution in [2.24, 2.45) is 11.7 Å². The van der Waals surface area contributed by atoms with Crippen molar-refractivity contribution >= 4 is 23.7 Å². The first-order valence-corrected chi connectivity index (χ1v) is 8.02. The molecule has 0 fully saturated rings. The van der Waals surface area contributed by atoms with E-state index >= 15 is 0 Å². The van der Waals surface area contributed by atoms with Crippen LogP contribution in [0.1, 0.15) is 46.0 Å². The Hall–Kier alpha value is -1.96. The van der Waals surface area contributed by atoms with Gasteiger partial charge in [0.25, 0.3) is 0 Å². The minimum Gasteiger partial charge on any atom is -0.469 e. The summed E-state index contributed by atoms with van der Waals surface area (Å²) < 4.78 is 14.2. The van der Waals surface area contributed by atoms with Crippen molar-refractivity contribution in [2.75, 3.05) is 20.3 Å². The molecule has 0 bridgehead atoms. The van der Waals surface area contributed by atoms with Crippen molar-refractivity contribution in [3.05, 3.63) is 0 Å². The fourth-order valence-electron chi connectivity index (χ4n) is 2.02. The molecule has 2 N–H and O–H groups in total. The molecule has 138 valence electrons. The van der Waals surface area contributed by atoms with E-state index in [0.717, 1.165) is 0 Å². The van der Waals surface area contributed by atoms with Crippen molar-refractivity contribution in [3.63, 3.8) is 0 Å². The molecule has 0 heterocycles. The summed E-state index contributed by atoms with van der Waals surface area (Å²) in [7, 11) is 1.25. The van der Waals surface area contributed by atoms with Gasteiger partial charge in [0.2, 0.25) is 0 Å². The molecular formula is C16H27NO7. The van der Waals surface area contributed by atoms with Crippen molar-refractivity contribution in [1.29, 1.82) is 0 Å². The zero-order valence-electron chi connectivity index (χ0n) is 14.5. The molecule has 0 aliphatic rings. The Morgan fingerprint density at radius 2 is 1.50 bits per heavy atom. The second-order valence-corrected chi connectivity index (χ2v) is 5.18. The SMILES string of the molecule is CCOC(=O)CC[C@@H](CC(=O)[C@H](N)CCC(=O)OC)C(=O)OCC. The van der Waals surface area contributed by atoms with Crippen LogP contribution in [-0.4, -0.2) is 50.1 Å². The molecule has 0 spiro atoms. The number of hydrogen-bond acceptors (Lipinski definition) is 8. The Morgan fingerprint density at radius 1 is 0.917 bits per heavy atom. The van der Waals surface area contributed by atoms with Gasteiger partial charge in [0, 0.05) is 19.3 Å². The molecule has 0 unspecified atom stereocenters. The number of rotatable bonds is 12. The maximum absolute atomic E-state index is 12.1. The van der Waals surface area contributed by atoms with Gasteiger partial charge in [-0.1, -0.05) is 0 Å². The van der Waals surface area contributed by atoms with Crippen LogP contribution < -0.4 is 5.73 Å². The summed E-state index contributed by atoms with van der Waals surface area (Å²) in [6.45, 7) is 3.77. The Bertz CT molecular complexity index is 436. The number of Topliss-reactive ketones (excluding diaryl/α,β-unsaturated/α-hetero) is 1. The predicted molar refractivity (Wildman–Crippen MR) is 84.8 cm³/mol. The van der Waals surface area contributed by atoms with Crippen molar-refractivity contribution < 1.29 is 33.4 Å². The maximum atomic E-state index is 12.1. The van der Waals surface area contributed by atoms with Crippen LogP contribution in [0.5, 0.6) is 0 Å². The molecule has 0 aliphatic heterocycles. The first kappa shape index (κ1) is 22.0. The van der Waals surface area contributed by atoms with Crippen molar-refractivity contribution in [2.45, 2.75) is 52.0 Å². The lowest BCUT2D eigenvalue weighted by Gasteiger charge is -2.17. The molecule has 0 aromatic rings. The van der Waals surface area contributed by atoms with Gasteiger partial charge in [-0.2, -0.15) is 0 Å². The van der Waals surface area contributed by atoms with E-state index in [9.17, 15) is 19.2 Å². The Balaban J connectivity index is 4.61. The molecule has 0 rings (SSSR count). The van der Waals surface area contributed by atoms with Gasteiger partial charge in [0.1, 0.15) is 5.78 Å². The number of carbonyl (C=O) groups is 4. The van der Waals surface area contributed by atoms with Gasteiger partial charge in [-0.3, -0.25) is 19.2 Å². The monoisotopic (exact) mass is 345 g/mol. The van der Waals surface area contributed by atoms with Gasteiger partial charge in [-0.25, -0.2) is 0 Å². The summed E-state index contributed by atoms with van der Waals surface area (Å²) >= 11 is 0. The van der Waals surface area contributed by atoms with Crippen LogP contribution in [0.15, 0.2) is 0 Å². The van der Waals surface area contributed by atoms with Crippen LogP contribution in [-0.2, 0) is 33.4 Å². The van der Waals surface area contributed by atoms with E-state index in [0.29, 0.717) is 0 Å². The minimum absolute atomic E-state index is 0.0159. The fraction of sp³-hybridized carbons (Fsp3) is 0.750. The summed E-state index contributed by atoms with van der Waals surface area (Å²) in [5.74, 6) is -2.56. The lowest BCUT2D eigenvalue weighted by Crippen LogP contribution is -2.34. The van der Waals surface area contributed by atoms with Crippen LogP contribution in [0.4, 0.5) is 0 Å². The van der Waals surface area contributed by atoms with Crippen LogP contribution in [0, 0.1) is 5.92 Å². The first-order chi connectivity index (χ1) is 11.3. The van der Waals surface area contributed by atoms with E-state index in [4.69, 9.17) is 15.2 Å². The van der Waals surface area contributed by atoms with Crippen molar-refractivity contribution in [3.8, 4) is 0 Å². The third kappa shape index (κ3) is 9.24. The lowest BCUT2D eigenvalue weighted by atomic mass is 9.93. The molecule has 2 atom stereocenters. The van der Waals surface area contributed by atoms with Crippen LogP contribution in [0.25, 0.3) is 0 Å². The summed E-state index contributed by atoms with van der Waals surface area (Å²) in [5.41, 5.74) is 5.75.